The maximum atomic E-state index is 6.14. The Morgan fingerprint density at radius 3 is 2.79 bits per heavy atom. The van der Waals surface area contributed by atoms with Crippen molar-refractivity contribution in [3.63, 3.8) is 0 Å². The third-order valence-electron chi connectivity index (χ3n) is 2.83. The van der Waals surface area contributed by atoms with Crippen molar-refractivity contribution in [3.8, 4) is 0 Å². The minimum Gasteiger partial charge on any atom is -0.271 e. The Morgan fingerprint density at radius 2 is 2.11 bits per heavy atom. The minimum absolute atomic E-state index is 0.295. The summed E-state index contributed by atoms with van der Waals surface area (Å²) in [6.45, 7) is 0. The molecule has 2 nitrogen and oxygen atoms in total. The Balaban J connectivity index is 1.81. The van der Waals surface area contributed by atoms with Gasteiger partial charge in [-0.3, -0.25) is 11.3 Å². The van der Waals surface area contributed by atoms with Crippen LogP contribution in [0.1, 0.15) is 11.3 Å². The van der Waals surface area contributed by atoms with Gasteiger partial charge in [0.05, 0.1) is 5.02 Å². The van der Waals surface area contributed by atoms with E-state index in [9.17, 15) is 0 Å². The van der Waals surface area contributed by atoms with Gasteiger partial charge in [0.1, 0.15) is 0 Å². The first-order valence-electron chi connectivity index (χ1n) is 6.15. The number of hydrazine groups is 1. The van der Waals surface area contributed by atoms with Gasteiger partial charge in [0.15, 0.2) is 0 Å². The molecule has 0 aliphatic heterocycles. The first-order valence-corrected chi connectivity index (χ1v) is 8.39. The van der Waals surface area contributed by atoms with Crippen LogP contribution in [-0.4, -0.2) is 11.8 Å². The van der Waals surface area contributed by atoms with E-state index in [2.05, 4.69) is 22.9 Å². The molecule has 0 saturated heterocycles. The van der Waals surface area contributed by atoms with E-state index in [1.807, 2.05) is 24.3 Å². The smallest absolute Gasteiger partial charge is 0.0541 e. The average Bonchev–Trinajstić information content (AvgIpc) is 2.94. The van der Waals surface area contributed by atoms with E-state index in [4.69, 9.17) is 17.4 Å². The molecule has 0 aliphatic carbocycles. The van der Waals surface area contributed by atoms with Crippen molar-refractivity contribution < 1.29 is 0 Å². The zero-order chi connectivity index (χ0) is 13.5. The minimum atomic E-state index is 0.295. The van der Waals surface area contributed by atoms with Crippen LogP contribution in [0.2, 0.25) is 5.02 Å². The van der Waals surface area contributed by atoms with Crippen molar-refractivity contribution in [1.82, 2.24) is 5.43 Å². The van der Waals surface area contributed by atoms with Crippen LogP contribution in [0.25, 0.3) is 0 Å². The number of hydrogen-bond donors (Lipinski definition) is 2. The first kappa shape index (κ1) is 14.9. The maximum absolute atomic E-state index is 6.14. The second-order valence-electron chi connectivity index (χ2n) is 4.22. The second kappa shape index (κ2) is 7.92. The zero-order valence-electron chi connectivity index (χ0n) is 10.5. The van der Waals surface area contributed by atoms with Crippen LogP contribution in [-0.2, 0) is 6.42 Å². The molecule has 1 aromatic carbocycles. The first-order chi connectivity index (χ1) is 9.29. The van der Waals surface area contributed by atoms with Gasteiger partial charge in [0.25, 0.3) is 0 Å². The Morgan fingerprint density at radius 1 is 1.26 bits per heavy atom. The molecule has 3 N–H and O–H groups in total. The number of thiophene rings is 1. The lowest BCUT2D eigenvalue weighted by Gasteiger charge is -2.15. The number of thioether (sulfide) groups is 1. The van der Waals surface area contributed by atoms with Crippen LogP contribution in [0.4, 0.5) is 0 Å². The normalized spacial score (nSPS) is 12.5. The number of nitrogens with one attached hydrogen (secondary N) is 1. The fraction of sp³-hybridized carbons (Fsp3) is 0.286. The number of rotatable bonds is 7. The molecule has 1 heterocycles. The molecule has 102 valence electrons. The van der Waals surface area contributed by atoms with E-state index < -0.39 is 0 Å². The summed E-state index contributed by atoms with van der Waals surface area (Å²) < 4.78 is 0. The molecule has 0 amide bonds. The largest absolute Gasteiger partial charge is 0.271 e. The van der Waals surface area contributed by atoms with Crippen LogP contribution < -0.4 is 11.3 Å². The zero-order valence-corrected chi connectivity index (χ0v) is 12.9. The van der Waals surface area contributed by atoms with Crippen molar-refractivity contribution in [2.75, 3.05) is 5.75 Å². The van der Waals surface area contributed by atoms with Crippen LogP contribution in [0.5, 0.6) is 0 Å². The highest BCUT2D eigenvalue weighted by molar-refractivity contribution is 7.99. The number of aryl methyl sites for hydroxylation is 1. The van der Waals surface area contributed by atoms with Gasteiger partial charge in [-0.2, -0.15) is 0 Å². The summed E-state index contributed by atoms with van der Waals surface area (Å²) in [5.41, 5.74) is 2.89. The number of benzene rings is 1. The third-order valence-corrected chi connectivity index (χ3v) is 5.45. The van der Waals surface area contributed by atoms with E-state index in [0.29, 0.717) is 6.04 Å². The van der Waals surface area contributed by atoms with Gasteiger partial charge in [-0.15, -0.1) is 23.1 Å². The topological polar surface area (TPSA) is 38.0 Å². The fourth-order valence-corrected chi connectivity index (χ4v) is 3.79. The molecule has 2 aromatic rings. The average molecular weight is 313 g/mol. The monoisotopic (exact) mass is 312 g/mol. The van der Waals surface area contributed by atoms with Crippen LogP contribution in [0.3, 0.4) is 0 Å². The summed E-state index contributed by atoms with van der Waals surface area (Å²) in [6.07, 6.45) is 2.10. The van der Waals surface area contributed by atoms with Gasteiger partial charge in [-0.1, -0.05) is 29.8 Å². The summed E-state index contributed by atoms with van der Waals surface area (Å²) in [5, 5.41) is 2.92. The molecule has 1 aromatic heterocycles. The number of halogens is 1. The van der Waals surface area contributed by atoms with Crippen molar-refractivity contribution in [2.24, 2.45) is 5.84 Å². The lowest BCUT2D eigenvalue weighted by Crippen LogP contribution is -2.37. The van der Waals surface area contributed by atoms with E-state index in [1.165, 1.54) is 4.88 Å². The van der Waals surface area contributed by atoms with Gasteiger partial charge in [-0.05, 0) is 36.4 Å². The molecule has 0 aliphatic rings. The molecule has 1 atom stereocenters. The predicted octanol–water partition coefficient (Wildman–Crippen LogP) is 3.96. The van der Waals surface area contributed by atoms with Crippen molar-refractivity contribution in [2.45, 2.75) is 23.8 Å². The van der Waals surface area contributed by atoms with E-state index in [-0.39, 0.29) is 0 Å². The SMILES string of the molecule is NNC(CCc1cccs1)CSc1ccccc1Cl. The van der Waals surface area contributed by atoms with Crippen LogP contribution in [0, 0.1) is 0 Å². The van der Waals surface area contributed by atoms with Crippen molar-refractivity contribution >= 4 is 34.7 Å². The van der Waals surface area contributed by atoms with Gasteiger partial charge in [-0.25, -0.2) is 0 Å². The summed E-state index contributed by atoms with van der Waals surface area (Å²) >= 11 is 9.68. The molecular weight excluding hydrogens is 296 g/mol. The van der Waals surface area contributed by atoms with Crippen LogP contribution in [0.15, 0.2) is 46.7 Å². The predicted molar refractivity (Wildman–Crippen MR) is 85.9 cm³/mol. The highest BCUT2D eigenvalue weighted by Crippen LogP contribution is 2.27. The lowest BCUT2D eigenvalue weighted by molar-refractivity contribution is 0.541. The molecule has 0 radical (unpaired) electrons. The Kier molecular flexibility index (Phi) is 6.20. The highest BCUT2D eigenvalue weighted by Gasteiger charge is 2.09. The van der Waals surface area contributed by atoms with E-state index in [1.54, 1.807) is 23.1 Å². The molecule has 0 spiro atoms. The quantitative estimate of drug-likeness (QED) is 0.462. The van der Waals surface area contributed by atoms with E-state index in [0.717, 1.165) is 28.5 Å². The van der Waals surface area contributed by atoms with E-state index >= 15 is 0 Å². The molecule has 5 heteroatoms. The van der Waals surface area contributed by atoms with Gasteiger partial charge in [0.2, 0.25) is 0 Å². The second-order valence-corrected chi connectivity index (χ2v) is 6.72. The molecule has 0 fully saturated rings. The standard InChI is InChI=1S/C14H17ClN2S2/c15-13-5-1-2-6-14(13)19-10-11(17-16)7-8-12-4-3-9-18-12/h1-6,9,11,17H,7-8,10,16H2. The summed E-state index contributed by atoms with van der Waals surface area (Å²) in [7, 11) is 0. The fourth-order valence-electron chi connectivity index (χ4n) is 1.74. The maximum Gasteiger partial charge on any atom is 0.0541 e. The summed E-state index contributed by atoms with van der Waals surface area (Å²) in [4.78, 5) is 2.52. The van der Waals surface area contributed by atoms with Crippen molar-refractivity contribution in [3.05, 3.63) is 51.7 Å². The van der Waals surface area contributed by atoms with Gasteiger partial charge < -0.3 is 0 Å². The molecule has 19 heavy (non-hydrogen) atoms. The number of hydrogen-bond acceptors (Lipinski definition) is 4. The van der Waals surface area contributed by atoms with Crippen LogP contribution >= 0.6 is 34.7 Å². The Bertz CT molecular complexity index is 488. The summed E-state index contributed by atoms with van der Waals surface area (Å²) in [6, 6.07) is 12.5. The Hall–Kier alpha value is -0.520. The third kappa shape index (κ3) is 4.82. The highest BCUT2D eigenvalue weighted by atomic mass is 35.5. The molecule has 0 bridgehead atoms. The Labute approximate surface area is 127 Å². The van der Waals surface area contributed by atoms with Crippen molar-refractivity contribution in [1.29, 1.82) is 0 Å². The molecule has 1 unspecified atom stereocenters. The molecule has 2 rings (SSSR count). The van der Waals surface area contributed by atoms with Gasteiger partial charge >= 0.3 is 0 Å². The number of nitrogens with two attached hydrogens (primary N) is 1. The van der Waals surface area contributed by atoms with Gasteiger partial charge in [0, 0.05) is 21.6 Å². The lowest BCUT2D eigenvalue weighted by atomic mass is 10.2. The molecular formula is C14H17ClN2S2. The summed E-state index contributed by atoms with van der Waals surface area (Å²) in [5.74, 6) is 6.54. The molecule has 0 saturated carbocycles.